The molecule has 0 N–H and O–H groups in total. The molecule has 0 saturated carbocycles. The van der Waals surface area contributed by atoms with Crippen LogP contribution in [0, 0.1) is 0 Å². The first-order chi connectivity index (χ1) is 29.5. The number of unbranched alkanes of at least 4 members (excludes halogenated alkanes) is 17. The number of rotatable bonds is 43. The van der Waals surface area contributed by atoms with E-state index in [0.29, 0.717) is 17.4 Å². The summed E-state index contributed by atoms with van der Waals surface area (Å²) in [6.07, 6.45) is 53.6. The molecule has 10 heteroatoms. The van der Waals surface area contributed by atoms with E-state index in [9.17, 15) is 19.0 Å². The summed E-state index contributed by atoms with van der Waals surface area (Å²) >= 11 is 0. The predicted molar refractivity (Wildman–Crippen MR) is 254 cm³/mol. The van der Waals surface area contributed by atoms with Crippen LogP contribution in [-0.4, -0.2) is 70.0 Å². The lowest BCUT2D eigenvalue weighted by atomic mass is 10.0. The van der Waals surface area contributed by atoms with Gasteiger partial charge in [-0.2, -0.15) is 0 Å². The summed E-state index contributed by atoms with van der Waals surface area (Å²) in [6, 6.07) is 0. The molecular formula is C51H90NO8P. The number of hydrogen-bond donors (Lipinski definition) is 0. The SMILES string of the molecule is CC/C=C\C/C=C\C/C=C\C/C=C\C/C=C\C/C=C\CCCCCCCCC(=O)OC(COC(=O)CCCCCCCCCCCCCC)COP(=O)([O-])OCC[N+](C)(C)C. The minimum atomic E-state index is -4.63. The van der Waals surface area contributed by atoms with Gasteiger partial charge in [-0.1, -0.05) is 183 Å². The van der Waals surface area contributed by atoms with E-state index in [1.807, 2.05) is 21.1 Å². The number of ether oxygens (including phenoxy) is 2. The molecule has 0 spiro atoms. The van der Waals surface area contributed by atoms with Crippen LogP contribution >= 0.6 is 7.82 Å². The van der Waals surface area contributed by atoms with Gasteiger partial charge in [-0.3, -0.25) is 14.2 Å². The van der Waals surface area contributed by atoms with Gasteiger partial charge in [0.1, 0.15) is 19.8 Å². The van der Waals surface area contributed by atoms with Crippen LogP contribution in [0.1, 0.15) is 187 Å². The van der Waals surface area contributed by atoms with E-state index < -0.39 is 32.5 Å². The lowest BCUT2D eigenvalue weighted by molar-refractivity contribution is -0.870. The van der Waals surface area contributed by atoms with Gasteiger partial charge in [0.2, 0.25) is 0 Å². The number of quaternary nitrogens is 1. The highest BCUT2D eigenvalue weighted by atomic mass is 31.2. The first-order valence-electron chi connectivity index (χ1n) is 24.1. The van der Waals surface area contributed by atoms with E-state index in [2.05, 4.69) is 86.8 Å². The Hall–Kier alpha value is -2.55. The fourth-order valence-electron chi connectivity index (χ4n) is 6.25. The molecular weight excluding hydrogens is 786 g/mol. The molecule has 9 nitrogen and oxygen atoms in total. The quantitative estimate of drug-likeness (QED) is 0.0196. The van der Waals surface area contributed by atoms with Gasteiger partial charge < -0.3 is 27.9 Å². The average Bonchev–Trinajstić information content (AvgIpc) is 3.21. The first-order valence-corrected chi connectivity index (χ1v) is 25.6. The molecule has 0 radical (unpaired) electrons. The van der Waals surface area contributed by atoms with E-state index in [-0.39, 0.29) is 26.1 Å². The molecule has 352 valence electrons. The zero-order chi connectivity index (χ0) is 45.0. The molecule has 0 aromatic heterocycles. The summed E-state index contributed by atoms with van der Waals surface area (Å²) in [5.74, 6) is -0.853. The van der Waals surface area contributed by atoms with E-state index in [1.54, 1.807) is 0 Å². The second-order valence-corrected chi connectivity index (χ2v) is 18.5. The minimum Gasteiger partial charge on any atom is -0.756 e. The zero-order valence-electron chi connectivity index (χ0n) is 39.6. The molecule has 0 amide bonds. The molecule has 61 heavy (non-hydrogen) atoms. The highest BCUT2D eigenvalue weighted by Crippen LogP contribution is 2.38. The van der Waals surface area contributed by atoms with Crippen molar-refractivity contribution in [3.8, 4) is 0 Å². The van der Waals surface area contributed by atoms with Gasteiger partial charge in [0.05, 0.1) is 27.7 Å². The van der Waals surface area contributed by atoms with Gasteiger partial charge in [-0.15, -0.1) is 0 Å². The number of likely N-dealkylation sites (N-methyl/N-ethyl adjacent to an activating group) is 1. The number of nitrogens with zero attached hydrogens (tertiary/aromatic N) is 1. The third-order valence-electron chi connectivity index (χ3n) is 9.99. The van der Waals surface area contributed by atoms with Gasteiger partial charge in [-0.05, 0) is 64.2 Å². The Labute approximate surface area is 374 Å². The fraction of sp³-hybridized carbons (Fsp3) is 0.725. The number of hydrogen-bond acceptors (Lipinski definition) is 8. The number of carbonyl (C=O) groups excluding carboxylic acids is 2. The third kappa shape index (κ3) is 46.8. The Kier molecular flexibility index (Phi) is 40.9. The molecule has 0 aromatic rings. The molecule has 0 aliphatic carbocycles. The average molecular weight is 876 g/mol. The van der Waals surface area contributed by atoms with Crippen molar-refractivity contribution in [3.05, 3.63) is 72.9 Å². The molecule has 0 rings (SSSR count). The lowest BCUT2D eigenvalue weighted by Gasteiger charge is -2.28. The normalized spacial score (nSPS) is 14.1. The molecule has 0 heterocycles. The predicted octanol–water partition coefficient (Wildman–Crippen LogP) is 13.6. The van der Waals surface area contributed by atoms with Crippen LogP contribution in [0.25, 0.3) is 0 Å². The van der Waals surface area contributed by atoms with E-state index in [1.165, 1.54) is 57.8 Å². The smallest absolute Gasteiger partial charge is 0.306 e. The van der Waals surface area contributed by atoms with E-state index >= 15 is 0 Å². The summed E-state index contributed by atoms with van der Waals surface area (Å²) in [6.45, 7) is 4.09. The maximum absolute atomic E-state index is 12.7. The van der Waals surface area contributed by atoms with Crippen molar-refractivity contribution in [1.29, 1.82) is 0 Å². The van der Waals surface area contributed by atoms with Crippen LogP contribution in [0.4, 0.5) is 0 Å². The Bertz CT molecular complexity index is 1270. The molecule has 2 unspecified atom stereocenters. The van der Waals surface area contributed by atoms with Crippen LogP contribution in [0.5, 0.6) is 0 Å². The monoisotopic (exact) mass is 876 g/mol. The molecule has 0 aromatic carbocycles. The van der Waals surface area contributed by atoms with Crippen molar-refractivity contribution >= 4 is 19.8 Å². The number of esters is 2. The number of allylic oxidation sites excluding steroid dienone is 12. The highest BCUT2D eigenvalue weighted by Gasteiger charge is 2.21. The first kappa shape index (κ1) is 58.5. The maximum Gasteiger partial charge on any atom is 0.306 e. The Morgan fingerprint density at radius 1 is 0.525 bits per heavy atom. The van der Waals surface area contributed by atoms with Gasteiger partial charge in [0, 0.05) is 12.8 Å². The molecule has 2 atom stereocenters. The van der Waals surface area contributed by atoms with E-state index in [0.717, 1.165) is 96.3 Å². The molecule has 0 bridgehead atoms. The van der Waals surface area contributed by atoms with Crippen molar-refractivity contribution in [2.45, 2.75) is 193 Å². The Morgan fingerprint density at radius 2 is 0.934 bits per heavy atom. The topological polar surface area (TPSA) is 111 Å². The van der Waals surface area contributed by atoms with Crippen molar-refractivity contribution in [2.75, 3.05) is 47.5 Å². The summed E-state index contributed by atoms with van der Waals surface area (Å²) in [5.41, 5.74) is 0. The zero-order valence-corrected chi connectivity index (χ0v) is 40.5. The van der Waals surface area contributed by atoms with Crippen LogP contribution < -0.4 is 4.89 Å². The van der Waals surface area contributed by atoms with Gasteiger partial charge in [-0.25, -0.2) is 0 Å². The van der Waals surface area contributed by atoms with Gasteiger partial charge >= 0.3 is 11.9 Å². The van der Waals surface area contributed by atoms with Crippen LogP contribution in [0.3, 0.4) is 0 Å². The van der Waals surface area contributed by atoms with Gasteiger partial charge in [0.25, 0.3) is 7.82 Å². The molecule has 0 aliphatic rings. The molecule has 0 aliphatic heterocycles. The number of phosphoric ester groups is 1. The Balaban J connectivity index is 4.30. The summed E-state index contributed by atoms with van der Waals surface area (Å²) < 4.78 is 33.9. The third-order valence-corrected chi connectivity index (χ3v) is 11.0. The van der Waals surface area contributed by atoms with Crippen molar-refractivity contribution in [3.63, 3.8) is 0 Å². The van der Waals surface area contributed by atoms with Crippen molar-refractivity contribution in [2.24, 2.45) is 0 Å². The van der Waals surface area contributed by atoms with Gasteiger partial charge in [0.15, 0.2) is 6.10 Å². The molecule has 0 saturated heterocycles. The minimum absolute atomic E-state index is 0.0364. The second kappa shape index (κ2) is 42.7. The summed E-state index contributed by atoms with van der Waals surface area (Å²) in [5, 5.41) is 0. The summed E-state index contributed by atoms with van der Waals surface area (Å²) in [7, 11) is 1.15. The summed E-state index contributed by atoms with van der Waals surface area (Å²) in [4.78, 5) is 37.6. The second-order valence-electron chi connectivity index (χ2n) is 17.1. The Morgan fingerprint density at radius 3 is 1.39 bits per heavy atom. The lowest BCUT2D eigenvalue weighted by Crippen LogP contribution is -2.37. The fourth-order valence-corrected chi connectivity index (χ4v) is 6.97. The largest absolute Gasteiger partial charge is 0.756 e. The van der Waals surface area contributed by atoms with E-state index in [4.69, 9.17) is 18.5 Å². The van der Waals surface area contributed by atoms with Crippen LogP contribution in [0.15, 0.2) is 72.9 Å². The van der Waals surface area contributed by atoms with Crippen LogP contribution in [0.2, 0.25) is 0 Å². The highest BCUT2D eigenvalue weighted by molar-refractivity contribution is 7.45. The maximum atomic E-state index is 12.7. The van der Waals surface area contributed by atoms with Crippen molar-refractivity contribution in [1.82, 2.24) is 0 Å². The van der Waals surface area contributed by atoms with Crippen LogP contribution in [-0.2, 0) is 32.7 Å². The number of carbonyl (C=O) groups is 2. The molecule has 0 fully saturated rings. The van der Waals surface area contributed by atoms with Crippen molar-refractivity contribution < 1.29 is 42.1 Å². The number of phosphoric acid groups is 1. The standard InChI is InChI=1S/C51H90NO8P/c1-6-8-10-12-14-16-18-20-21-22-23-24-25-26-27-28-29-30-31-32-34-36-38-40-42-44-51(54)60-49(48-59-61(55,56)58-46-45-52(3,4)5)47-57-50(53)43-41-39-37-35-33-19-17-15-13-11-9-7-2/h8,10,14,16,20-21,23-24,26-27,29-30,49H,6-7,9,11-13,15,17-19,22,25,28,31-48H2,1-5H3/b10-8-,16-14-,21-20-,24-23-,27-26-,30-29-.